The minimum absolute atomic E-state index is 0.158. The first-order valence-electron chi connectivity index (χ1n) is 11.2. The second-order valence-corrected chi connectivity index (χ2v) is 12.7. The molecule has 4 aromatic rings. The zero-order chi connectivity index (χ0) is 22.4. The molecule has 0 saturated carbocycles. The smallest absolute Gasteiger partial charge is 0.173 e. The summed E-state index contributed by atoms with van der Waals surface area (Å²) in [6, 6.07) is 14.7. The molecule has 0 spiro atoms. The fourth-order valence-electron chi connectivity index (χ4n) is 4.86. The molecule has 0 unspecified atom stereocenters. The number of piperazine rings is 1. The Morgan fingerprint density at radius 2 is 1.76 bits per heavy atom. The van der Waals surface area contributed by atoms with Gasteiger partial charge in [0, 0.05) is 43.2 Å². The average Bonchev–Trinajstić information content (AvgIpc) is 3.59. The van der Waals surface area contributed by atoms with Crippen LogP contribution >= 0.6 is 22.7 Å². The largest absolute Gasteiger partial charge is 0.353 e. The number of fused-ring (bicyclic) bond motifs is 1. The molecular weight excluding hydrogens is 472 g/mol. The van der Waals surface area contributed by atoms with Crippen molar-refractivity contribution in [2.45, 2.75) is 12.5 Å². The van der Waals surface area contributed by atoms with E-state index in [-0.39, 0.29) is 6.04 Å². The lowest BCUT2D eigenvalue weighted by Gasteiger charge is -2.38. The van der Waals surface area contributed by atoms with Crippen LogP contribution in [0.4, 0.5) is 5.82 Å². The van der Waals surface area contributed by atoms with Crippen LogP contribution in [0, 0.1) is 0 Å². The maximum atomic E-state index is 12.0. The van der Waals surface area contributed by atoms with E-state index >= 15 is 0 Å². The number of aromatic nitrogens is 2. The Labute approximate surface area is 201 Å². The molecule has 2 saturated heterocycles. The molecule has 1 atom stereocenters. The van der Waals surface area contributed by atoms with E-state index < -0.39 is 9.84 Å². The molecule has 170 valence electrons. The van der Waals surface area contributed by atoms with Crippen LogP contribution in [0.15, 0.2) is 53.2 Å². The molecule has 2 aliphatic heterocycles. The van der Waals surface area contributed by atoms with E-state index in [0.29, 0.717) is 11.5 Å². The maximum absolute atomic E-state index is 12.0. The van der Waals surface area contributed by atoms with Crippen molar-refractivity contribution >= 4 is 48.5 Å². The Morgan fingerprint density at radius 1 is 0.939 bits per heavy atom. The zero-order valence-electron chi connectivity index (χ0n) is 18.1. The third-order valence-corrected chi connectivity index (χ3v) is 10.1. The normalized spacial score (nSPS) is 21.1. The van der Waals surface area contributed by atoms with Crippen LogP contribution in [-0.2, 0) is 9.84 Å². The van der Waals surface area contributed by atoms with Gasteiger partial charge in [-0.1, -0.05) is 36.4 Å². The molecule has 0 bridgehead atoms. The Kier molecular flexibility index (Phi) is 5.44. The number of hydrogen-bond donors (Lipinski definition) is 0. The third kappa shape index (κ3) is 4.07. The van der Waals surface area contributed by atoms with E-state index in [1.54, 1.807) is 22.7 Å². The molecule has 2 fully saturated rings. The van der Waals surface area contributed by atoms with Gasteiger partial charge in [0.15, 0.2) is 15.7 Å². The molecule has 6 nitrogen and oxygen atoms in total. The first-order chi connectivity index (χ1) is 16.1. The monoisotopic (exact) mass is 496 g/mol. The summed E-state index contributed by atoms with van der Waals surface area (Å²) in [5.41, 5.74) is 2.35. The van der Waals surface area contributed by atoms with Crippen molar-refractivity contribution in [2.24, 2.45) is 0 Å². The van der Waals surface area contributed by atoms with Gasteiger partial charge in [0.25, 0.3) is 0 Å². The van der Waals surface area contributed by atoms with Crippen LogP contribution in [0.2, 0.25) is 0 Å². The molecule has 0 N–H and O–H groups in total. The van der Waals surface area contributed by atoms with Crippen LogP contribution in [0.1, 0.15) is 6.42 Å². The number of hydrogen-bond acceptors (Lipinski definition) is 8. The van der Waals surface area contributed by atoms with Gasteiger partial charge >= 0.3 is 0 Å². The summed E-state index contributed by atoms with van der Waals surface area (Å²) in [4.78, 5) is 16.8. The van der Waals surface area contributed by atoms with Crippen molar-refractivity contribution in [2.75, 3.05) is 42.6 Å². The van der Waals surface area contributed by atoms with Gasteiger partial charge < -0.3 is 4.90 Å². The highest BCUT2D eigenvalue weighted by atomic mass is 32.2. The Bertz CT molecular complexity index is 1380. The van der Waals surface area contributed by atoms with Gasteiger partial charge in [0.05, 0.1) is 21.8 Å². The fourth-order valence-corrected chi connectivity index (χ4v) is 8.22. The fraction of sp³-hybridized carbons (Fsp3) is 0.333. The lowest BCUT2D eigenvalue weighted by atomic mass is 10.1. The lowest BCUT2D eigenvalue weighted by molar-refractivity contribution is 0.200. The van der Waals surface area contributed by atoms with Gasteiger partial charge in [-0.25, -0.2) is 18.4 Å². The molecule has 1 aromatic carbocycles. The second-order valence-electron chi connectivity index (χ2n) is 8.62. The van der Waals surface area contributed by atoms with Crippen LogP contribution in [0.5, 0.6) is 0 Å². The van der Waals surface area contributed by atoms with E-state index in [0.717, 1.165) is 59.3 Å². The van der Waals surface area contributed by atoms with Crippen LogP contribution < -0.4 is 4.90 Å². The minimum Gasteiger partial charge on any atom is -0.353 e. The van der Waals surface area contributed by atoms with Gasteiger partial charge in [0.2, 0.25) is 0 Å². The average molecular weight is 497 g/mol. The summed E-state index contributed by atoms with van der Waals surface area (Å²) in [5, 5.41) is 5.36. The predicted octanol–water partition coefficient (Wildman–Crippen LogP) is 4.40. The Hall–Kier alpha value is -2.33. The highest BCUT2D eigenvalue weighted by Gasteiger charge is 2.34. The first-order valence-corrected chi connectivity index (χ1v) is 14.7. The van der Waals surface area contributed by atoms with E-state index in [2.05, 4.69) is 50.9 Å². The Balaban J connectivity index is 1.37. The Morgan fingerprint density at radius 3 is 2.45 bits per heavy atom. The molecule has 0 aliphatic carbocycles. The van der Waals surface area contributed by atoms with E-state index in [4.69, 9.17) is 9.97 Å². The minimum atomic E-state index is -2.87. The lowest BCUT2D eigenvalue weighted by Crippen LogP contribution is -2.51. The van der Waals surface area contributed by atoms with Gasteiger partial charge in [0.1, 0.15) is 10.6 Å². The van der Waals surface area contributed by atoms with Crippen molar-refractivity contribution < 1.29 is 8.42 Å². The van der Waals surface area contributed by atoms with Crippen molar-refractivity contribution in [1.82, 2.24) is 14.9 Å². The zero-order valence-corrected chi connectivity index (χ0v) is 20.5. The van der Waals surface area contributed by atoms with E-state index in [1.165, 1.54) is 11.1 Å². The molecule has 6 rings (SSSR count). The van der Waals surface area contributed by atoms with Gasteiger partial charge in [-0.05, 0) is 23.4 Å². The van der Waals surface area contributed by atoms with Crippen molar-refractivity contribution in [3.63, 3.8) is 0 Å². The summed E-state index contributed by atoms with van der Waals surface area (Å²) in [6.07, 6.45) is 0.755. The van der Waals surface area contributed by atoms with E-state index in [9.17, 15) is 8.42 Å². The molecular formula is C24H24N4O2S3. The number of rotatable bonds is 4. The topological polar surface area (TPSA) is 66.4 Å². The first kappa shape index (κ1) is 21.2. The number of anilines is 1. The van der Waals surface area contributed by atoms with E-state index in [1.807, 2.05) is 12.1 Å². The summed E-state index contributed by atoms with van der Waals surface area (Å²) in [6.45, 7) is 3.36. The third-order valence-electron chi connectivity index (χ3n) is 6.58. The van der Waals surface area contributed by atoms with Crippen LogP contribution in [-0.4, -0.2) is 67.0 Å². The quantitative estimate of drug-likeness (QED) is 0.417. The number of thiophene rings is 2. The van der Waals surface area contributed by atoms with Crippen molar-refractivity contribution in [1.29, 1.82) is 0 Å². The number of nitrogens with zero attached hydrogens (tertiary/aromatic N) is 4. The highest BCUT2D eigenvalue weighted by Crippen LogP contribution is 2.40. The van der Waals surface area contributed by atoms with Gasteiger partial charge in [-0.3, -0.25) is 4.90 Å². The maximum Gasteiger partial charge on any atom is 0.173 e. The molecule has 9 heteroatoms. The highest BCUT2D eigenvalue weighted by molar-refractivity contribution is 7.91. The summed E-state index contributed by atoms with van der Waals surface area (Å²) < 4.78 is 23.9. The van der Waals surface area contributed by atoms with Gasteiger partial charge in [-0.2, -0.15) is 0 Å². The second kappa shape index (κ2) is 8.47. The van der Waals surface area contributed by atoms with Crippen molar-refractivity contribution in [3.05, 3.63) is 53.2 Å². The SMILES string of the molecule is O=S1(=O)CC[C@@H](N2CCN(c3nc(-c4cccs4)nc4scc(-c5ccccc5)c34)CC2)C1. The number of benzene rings is 1. The van der Waals surface area contributed by atoms with Gasteiger partial charge in [-0.15, -0.1) is 22.7 Å². The molecule has 2 aliphatic rings. The summed E-state index contributed by atoms with van der Waals surface area (Å²) >= 11 is 3.32. The van der Waals surface area contributed by atoms with Crippen LogP contribution in [0.25, 0.3) is 32.0 Å². The molecule has 5 heterocycles. The van der Waals surface area contributed by atoms with Crippen LogP contribution in [0.3, 0.4) is 0 Å². The van der Waals surface area contributed by atoms with Crippen molar-refractivity contribution in [3.8, 4) is 21.8 Å². The number of sulfone groups is 1. The molecule has 3 aromatic heterocycles. The standard InChI is InChI=1S/C24H24N4O2S3/c29-33(30)14-8-18(16-33)27-9-11-28(12-10-27)23-21-19(17-5-2-1-3-6-17)15-32-24(21)26-22(25-23)20-7-4-13-31-20/h1-7,13,15,18H,8-12,14,16H2/t18-/m1/s1. The summed E-state index contributed by atoms with van der Waals surface area (Å²) in [5.74, 6) is 2.39. The molecule has 33 heavy (non-hydrogen) atoms. The predicted molar refractivity (Wildman–Crippen MR) is 137 cm³/mol. The molecule has 0 amide bonds. The molecule has 0 radical (unpaired) electrons. The summed E-state index contributed by atoms with van der Waals surface area (Å²) in [7, 11) is -2.87.